The number of ether oxygens (including phenoxy) is 4. The predicted molar refractivity (Wildman–Crippen MR) is 164 cm³/mol. The molecule has 0 N–H and O–H groups in total. The van der Waals surface area contributed by atoms with Crippen molar-refractivity contribution in [1.82, 2.24) is 9.80 Å². The van der Waals surface area contributed by atoms with Gasteiger partial charge in [-0.05, 0) is 74.2 Å². The third-order valence-corrected chi connectivity index (χ3v) is 7.99. The molecule has 0 spiro atoms. The van der Waals surface area contributed by atoms with Crippen molar-refractivity contribution in [1.29, 1.82) is 0 Å². The summed E-state index contributed by atoms with van der Waals surface area (Å²) in [6.07, 6.45) is 3.15. The first-order chi connectivity index (χ1) is 20.6. The second-order valence-electron chi connectivity index (χ2n) is 11.3. The number of ketones is 2. The molecule has 2 aliphatic heterocycles. The van der Waals surface area contributed by atoms with Gasteiger partial charge in [-0.15, -0.1) is 0 Å². The van der Waals surface area contributed by atoms with Gasteiger partial charge in [-0.25, -0.2) is 0 Å². The first-order valence-corrected chi connectivity index (χ1v) is 15.7. The molecule has 2 fully saturated rings. The van der Waals surface area contributed by atoms with E-state index in [-0.39, 0.29) is 23.4 Å². The summed E-state index contributed by atoms with van der Waals surface area (Å²) in [5.41, 5.74) is 1.38. The number of Topliss-reactive ketones (excluding diaryl/α,β-unsaturated/α-hetero) is 2. The maximum absolute atomic E-state index is 13.9. The van der Waals surface area contributed by atoms with Crippen molar-refractivity contribution in [3.05, 3.63) is 59.7 Å². The van der Waals surface area contributed by atoms with Crippen LogP contribution in [0, 0.1) is 11.8 Å². The highest BCUT2D eigenvalue weighted by atomic mass is 16.5. The standard InChI is InChI=1S/C34H48N2O6/c1-3-19-41-31-11-7-27(8-12-31)33(37)29(25-35-15-21-39-22-16-35)5-6-30(26-36-17-23-40-24-18-36)34(38)28-9-13-32(14-10-28)42-20-4-2/h7-14,29-30H,3-6,15-26H2,1-2H3/t29-,30-/m1/s1. The molecule has 0 bridgehead atoms. The van der Waals surface area contributed by atoms with Crippen molar-refractivity contribution in [3.8, 4) is 11.5 Å². The zero-order valence-corrected chi connectivity index (χ0v) is 25.4. The Bertz CT molecular complexity index is 991. The zero-order chi connectivity index (χ0) is 29.6. The van der Waals surface area contributed by atoms with E-state index in [1.165, 1.54) is 0 Å². The molecule has 8 heteroatoms. The maximum Gasteiger partial charge on any atom is 0.167 e. The van der Waals surface area contributed by atoms with Gasteiger partial charge in [-0.2, -0.15) is 0 Å². The molecule has 230 valence electrons. The summed E-state index contributed by atoms with van der Waals surface area (Å²) in [4.78, 5) is 32.4. The highest BCUT2D eigenvalue weighted by molar-refractivity contribution is 5.99. The van der Waals surface area contributed by atoms with Gasteiger partial charge in [-0.1, -0.05) is 13.8 Å². The van der Waals surface area contributed by atoms with E-state index in [4.69, 9.17) is 18.9 Å². The highest BCUT2D eigenvalue weighted by Crippen LogP contribution is 2.25. The number of rotatable bonds is 17. The molecule has 2 aromatic carbocycles. The molecule has 2 saturated heterocycles. The van der Waals surface area contributed by atoms with E-state index < -0.39 is 0 Å². The molecule has 2 aromatic rings. The minimum atomic E-state index is -0.213. The molecule has 4 rings (SSSR count). The number of hydrogen-bond acceptors (Lipinski definition) is 8. The molecule has 2 aliphatic rings. The van der Waals surface area contributed by atoms with E-state index in [1.54, 1.807) is 0 Å². The summed E-state index contributed by atoms with van der Waals surface area (Å²) in [6.45, 7) is 12.8. The SMILES string of the molecule is CCCOc1ccc(C(=O)[C@H](CC[C@H](CN2CCOCC2)C(=O)c2ccc(OCCC)cc2)CN2CCOCC2)cc1. The van der Waals surface area contributed by atoms with Crippen molar-refractivity contribution >= 4 is 11.6 Å². The van der Waals surface area contributed by atoms with Crippen LogP contribution in [0.2, 0.25) is 0 Å². The Hall–Kier alpha value is -2.78. The van der Waals surface area contributed by atoms with Gasteiger partial charge in [0.05, 0.1) is 39.6 Å². The molecule has 0 saturated carbocycles. The number of benzene rings is 2. The summed E-state index contributed by atoms with van der Waals surface area (Å²) >= 11 is 0. The molecule has 0 aromatic heterocycles. The number of carbonyl (C=O) groups is 2. The topological polar surface area (TPSA) is 77.5 Å². The minimum absolute atomic E-state index is 0.124. The van der Waals surface area contributed by atoms with Gasteiger partial charge in [0.25, 0.3) is 0 Å². The lowest BCUT2D eigenvalue weighted by Gasteiger charge is -2.32. The zero-order valence-electron chi connectivity index (χ0n) is 25.4. The molecule has 2 heterocycles. The average Bonchev–Trinajstić information content (AvgIpc) is 3.05. The van der Waals surface area contributed by atoms with E-state index in [9.17, 15) is 9.59 Å². The molecule has 0 unspecified atom stereocenters. The van der Waals surface area contributed by atoms with Crippen LogP contribution in [-0.4, -0.2) is 100 Å². The Morgan fingerprint density at radius 3 is 1.33 bits per heavy atom. The fourth-order valence-corrected chi connectivity index (χ4v) is 5.55. The van der Waals surface area contributed by atoms with Crippen LogP contribution >= 0.6 is 0 Å². The van der Waals surface area contributed by atoms with Gasteiger partial charge in [0.15, 0.2) is 11.6 Å². The third-order valence-electron chi connectivity index (χ3n) is 7.99. The second kappa shape index (κ2) is 17.4. The van der Waals surface area contributed by atoms with Crippen molar-refractivity contribution in [2.75, 3.05) is 78.9 Å². The molecule has 42 heavy (non-hydrogen) atoms. The van der Waals surface area contributed by atoms with Crippen LogP contribution in [0.3, 0.4) is 0 Å². The first-order valence-electron chi connectivity index (χ1n) is 15.7. The quantitative estimate of drug-likeness (QED) is 0.242. The molecular weight excluding hydrogens is 532 g/mol. The molecule has 8 nitrogen and oxygen atoms in total. The van der Waals surface area contributed by atoms with Crippen LogP contribution in [0.4, 0.5) is 0 Å². The predicted octanol–water partition coefficient (Wildman–Crippen LogP) is 5.01. The van der Waals surface area contributed by atoms with E-state index in [1.807, 2.05) is 48.5 Å². The van der Waals surface area contributed by atoms with Crippen LogP contribution in [-0.2, 0) is 9.47 Å². The van der Waals surface area contributed by atoms with Crippen molar-refractivity contribution < 1.29 is 28.5 Å². The lowest BCUT2D eigenvalue weighted by molar-refractivity contribution is 0.0254. The van der Waals surface area contributed by atoms with E-state index >= 15 is 0 Å². The molecule has 0 aliphatic carbocycles. The highest BCUT2D eigenvalue weighted by Gasteiger charge is 2.29. The van der Waals surface area contributed by atoms with Crippen molar-refractivity contribution in [2.24, 2.45) is 11.8 Å². The van der Waals surface area contributed by atoms with Gasteiger partial charge in [0.1, 0.15) is 11.5 Å². The molecule has 0 radical (unpaired) electrons. The fraction of sp³-hybridized carbons (Fsp3) is 0.588. The second-order valence-corrected chi connectivity index (χ2v) is 11.3. The maximum atomic E-state index is 13.9. The minimum Gasteiger partial charge on any atom is -0.494 e. The number of morpholine rings is 2. The summed E-state index contributed by atoms with van der Waals surface area (Å²) < 4.78 is 22.6. The first kappa shape index (κ1) is 32.1. The van der Waals surface area contributed by atoms with E-state index in [2.05, 4.69) is 23.6 Å². The van der Waals surface area contributed by atoms with Crippen molar-refractivity contribution in [3.63, 3.8) is 0 Å². The third kappa shape index (κ3) is 9.90. The monoisotopic (exact) mass is 580 g/mol. The van der Waals surface area contributed by atoms with Crippen LogP contribution in [0.5, 0.6) is 11.5 Å². The fourth-order valence-electron chi connectivity index (χ4n) is 5.55. The number of hydrogen-bond donors (Lipinski definition) is 0. The Kier molecular flexibility index (Phi) is 13.3. The van der Waals surface area contributed by atoms with Gasteiger partial charge in [-0.3, -0.25) is 19.4 Å². The Morgan fingerprint density at radius 1 is 0.643 bits per heavy atom. The van der Waals surface area contributed by atoms with Crippen LogP contribution < -0.4 is 9.47 Å². The van der Waals surface area contributed by atoms with Crippen LogP contribution in [0.1, 0.15) is 60.2 Å². The molecule has 0 amide bonds. The van der Waals surface area contributed by atoms with Gasteiger partial charge >= 0.3 is 0 Å². The molecule has 2 atom stereocenters. The summed E-state index contributed by atoms with van der Waals surface area (Å²) in [7, 11) is 0. The molecular formula is C34H48N2O6. The van der Waals surface area contributed by atoms with Crippen LogP contribution in [0.25, 0.3) is 0 Å². The normalized spacial score (nSPS) is 17.9. The Morgan fingerprint density at radius 2 is 1.00 bits per heavy atom. The summed E-state index contributed by atoms with van der Waals surface area (Å²) in [6, 6.07) is 15.0. The Balaban J connectivity index is 1.49. The van der Waals surface area contributed by atoms with Crippen molar-refractivity contribution in [2.45, 2.75) is 39.5 Å². The lowest BCUT2D eigenvalue weighted by atomic mass is 9.86. The largest absolute Gasteiger partial charge is 0.494 e. The van der Waals surface area contributed by atoms with Gasteiger partial charge < -0.3 is 18.9 Å². The lowest BCUT2D eigenvalue weighted by Crippen LogP contribution is -2.42. The summed E-state index contributed by atoms with van der Waals surface area (Å²) in [5.74, 6) is 1.38. The van der Waals surface area contributed by atoms with Crippen LogP contribution in [0.15, 0.2) is 48.5 Å². The van der Waals surface area contributed by atoms with Gasteiger partial charge in [0.2, 0.25) is 0 Å². The number of carbonyl (C=O) groups excluding carboxylic acids is 2. The summed E-state index contributed by atoms with van der Waals surface area (Å²) in [5, 5.41) is 0. The van der Waals surface area contributed by atoms with E-state index in [0.717, 1.165) is 50.5 Å². The number of nitrogens with zero attached hydrogens (tertiary/aromatic N) is 2. The Labute approximate surface area is 251 Å². The smallest absolute Gasteiger partial charge is 0.167 e. The average molecular weight is 581 g/mol. The van der Waals surface area contributed by atoms with Gasteiger partial charge in [0, 0.05) is 62.2 Å². The van der Waals surface area contributed by atoms with E-state index in [0.29, 0.717) is 76.7 Å².